The molecular weight excluding hydrogens is 447 g/mol. The van der Waals surface area contributed by atoms with Crippen LogP contribution >= 0.6 is 0 Å². The molecule has 35 heavy (non-hydrogen) atoms. The molecule has 2 aromatic carbocycles. The van der Waals surface area contributed by atoms with Crippen molar-refractivity contribution in [1.82, 2.24) is 15.6 Å². The van der Waals surface area contributed by atoms with Gasteiger partial charge in [-0.05, 0) is 29.8 Å². The highest BCUT2D eigenvalue weighted by Crippen LogP contribution is 2.15. The zero-order valence-corrected chi connectivity index (χ0v) is 19.4. The molecule has 0 fully saturated rings. The molecule has 10 heteroatoms. The van der Waals surface area contributed by atoms with Crippen LogP contribution in [0.3, 0.4) is 0 Å². The van der Waals surface area contributed by atoms with E-state index in [0.717, 1.165) is 34.9 Å². The number of aromatic hydroxyl groups is 1. The monoisotopic (exact) mass is 474 g/mol. The molecule has 0 saturated heterocycles. The fraction of sp³-hybridized carbons (Fsp3) is 0.280. The summed E-state index contributed by atoms with van der Waals surface area (Å²) in [4.78, 5) is 35.2. The number of phenols is 1. The van der Waals surface area contributed by atoms with Crippen LogP contribution in [-0.2, 0) is 27.4 Å². The molecule has 9 nitrogen and oxygen atoms in total. The van der Waals surface area contributed by atoms with Crippen molar-refractivity contribution < 1.29 is 24.3 Å². The lowest BCUT2D eigenvalue weighted by Crippen LogP contribution is -2.49. The lowest BCUT2D eigenvalue weighted by atomic mass is 9.74. The Hall–Kier alpha value is -4.08. The Morgan fingerprint density at radius 3 is 2.77 bits per heavy atom. The summed E-state index contributed by atoms with van der Waals surface area (Å²) in [6.07, 6.45) is 1.60. The second-order valence-electron chi connectivity index (χ2n) is 8.37. The first-order chi connectivity index (χ1) is 17.0. The number of pyridine rings is 1. The van der Waals surface area contributed by atoms with Crippen LogP contribution in [0.2, 0.25) is 6.82 Å². The molecule has 0 unspecified atom stereocenters. The van der Waals surface area contributed by atoms with E-state index in [2.05, 4.69) is 20.8 Å². The molecule has 3 N–H and O–H groups in total. The van der Waals surface area contributed by atoms with Crippen molar-refractivity contribution in [2.75, 3.05) is 6.54 Å². The average molecular weight is 474 g/mol. The molecular formula is C25H27BN4O5. The zero-order chi connectivity index (χ0) is 24.6. The first-order valence-electron chi connectivity index (χ1n) is 11.5. The smallest absolute Gasteiger partial charge is 0.408 e. The Balaban J connectivity index is 1.36. The topological polar surface area (TPSA) is 122 Å². The lowest BCUT2D eigenvalue weighted by molar-refractivity contribution is -0.123. The van der Waals surface area contributed by atoms with Gasteiger partial charge in [-0.15, -0.1) is 5.16 Å². The number of phenolic OH excluding ortho intramolecular Hbond substituents is 1. The zero-order valence-electron chi connectivity index (χ0n) is 19.4. The quantitative estimate of drug-likeness (QED) is 0.410. The van der Waals surface area contributed by atoms with Crippen molar-refractivity contribution in [2.45, 2.75) is 38.4 Å². The minimum absolute atomic E-state index is 0.0181. The summed E-state index contributed by atoms with van der Waals surface area (Å²) in [6, 6.07) is 15.2. The summed E-state index contributed by atoms with van der Waals surface area (Å²) in [5, 5.41) is 20.0. The predicted molar refractivity (Wildman–Crippen MR) is 134 cm³/mol. The Morgan fingerprint density at radius 2 is 2.00 bits per heavy atom. The van der Waals surface area contributed by atoms with Crippen LogP contribution in [0.5, 0.6) is 5.75 Å². The molecule has 0 spiro atoms. The standard InChI is InChI=1S/C25H27BN4O5/c1-26-23-12-20(35-30-23)14-28-24(32)22(11-16-6-8-19(31)9-7-16)29-25(33)34-15-17-10-18-4-2-3-5-21(18)27-13-17/h2-10,13,20,22,26,31H,11-12,14-15H2,1H3,(H,28,32)(H,29,33)/t20-,22-/m0/s1. The molecule has 0 bridgehead atoms. The van der Waals surface area contributed by atoms with Crippen LogP contribution in [0.1, 0.15) is 17.5 Å². The predicted octanol–water partition coefficient (Wildman–Crippen LogP) is 2.48. The van der Waals surface area contributed by atoms with Crippen molar-refractivity contribution in [3.8, 4) is 5.75 Å². The summed E-state index contributed by atoms with van der Waals surface area (Å²) < 4.78 is 5.37. The molecule has 2 amide bonds. The Kier molecular flexibility index (Phi) is 7.82. The second kappa shape index (κ2) is 11.4. The molecule has 0 radical (unpaired) electrons. The maximum atomic E-state index is 12.9. The van der Waals surface area contributed by atoms with Crippen molar-refractivity contribution in [1.29, 1.82) is 0 Å². The molecule has 180 valence electrons. The number of para-hydroxylation sites is 1. The molecule has 2 atom stereocenters. The van der Waals surface area contributed by atoms with Gasteiger partial charge >= 0.3 is 6.09 Å². The first-order valence-corrected chi connectivity index (χ1v) is 11.5. The van der Waals surface area contributed by atoms with Crippen LogP contribution in [0.15, 0.2) is 65.9 Å². The highest BCUT2D eigenvalue weighted by atomic mass is 16.6. The summed E-state index contributed by atoms with van der Waals surface area (Å²) in [7, 11) is 0.800. The van der Waals surface area contributed by atoms with Gasteiger partial charge in [-0.2, -0.15) is 0 Å². The van der Waals surface area contributed by atoms with Crippen LogP contribution in [-0.4, -0.2) is 53.7 Å². The Labute approximate surface area is 203 Å². The minimum Gasteiger partial charge on any atom is -0.508 e. The summed E-state index contributed by atoms with van der Waals surface area (Å²) in [6.45, 7) is 2.29. The van der Waals surface area contributed by atoms with E-state index in [1.807, 2.05) is 37.2 Å². The van der Waals surface area contributed by atoms with Crippen molar-refractivity contribution in [2.24, 2.45) is 5.16 Å². The van der Waals surface area contributed by atoms with Crippen LogP contribution in [0, 0.1) is 0 Å². The van der Waals surface area contributed by atoms with Gasteiger partial charge in [-0.1, -0.05) is 37.2 Å². The number of alkyl carbamates (subject to hydrolysis) is 1. The van der Waals surface area contributed by atoms with Gasteiger partial charge in [0.2, 0.25) is 5.91 Å². The summed E-state index contributed by atoms with van der Waals surface area (Å²) in [5.41, 5.74) is 3.32. The molecule has 1 aliphatic heterocycles. The van der Waals surface area contributed by atoms with Gasteiger partial charge in [0.25, 0.3) is 0 Å². The van der Waals surface area contributed by atoms with Crippen molar-refractivity contribution >= 4 is 35.8 Å². The summed E-state index contributed by atoms with van der Waals surface area (Å²) >= 11 is 0. The average Bonchev–Trinajstić information content (AvgIpc) is 3.35. The minimum atomic E-state index is -0.880. The number of carbonyl (C=O) groups excluding carboxylic acids is 2. The third-order valence-electron chi connectivity index (χ3n) is 5.71. The number of hydrogen-bond donors (Lipinski definition) is 3. The van der Waals surface area contributed by atoms with E-state index in [1.165, 1.54) is 12.1 Å². The maximum Gasteiger partial charge on any atom is 0.408 e. The first kappa shape index (κ1) is 24.1. The number of rotatable bonds is 9. The van der Waals surface area contributed by atoms with E-state index in [9.17, 15) is 14.7 Å². The number of fused-ring (bicyclic) bond motifs is 1. The third kappa shape index (κ3) is 6.72. The molecule has 1 aliphatic rings. The lowest BCUT2D eigenvalue weighted by Gasteiger charge is -2.19. The number of nitrogens with one attached hydrogen (secondary N) is 2. The van der Waals surface area contributed by atoms with Crippen LogP contribution < -0.4 is 10.6 Å². The maximum absolute atomic E-state index is 12.9. The van der Waals surface area contributed by atoms with Crippen molar-refractivity contribution in [3.05, 3.63) is 71.9 Å². The highest BCUT2D eigenvalue weighted by molar-refractivity contribution is 6.74. The Morgan fingerprint density at radius 1 is 1.20 bits per heavy atom. The van der Waals surface area contributed by atoms with Gasteiger partial charge in [-0.25, -0.2) is 4.79 Å². The molecule has 3 aromatic rings. The number of oxime groups is 1. The van der Waals surface area contributed by atoms with Gasteiger partial charge < -0.3 is 25.3 Å². The number of ether oxygens (including phenoxy) is 1. The number of carbonyl (C=O) groups is 2. The van der Waals surface area contributed by atoms with Crippen LogP contribution in [0.25, 0.3) is 10.9 Å². The van der Waals surface area contributed by atoms with Crippen LogP contribution in [0.4, 0.5) is 4.79 Å². The number of benzene rings is 2. The van der Waals surface area contributed by atoms with E-state index in [1.54, 1.807) is 18.3 Å². The molecule has 0 saturated carbocycles. The molecule has 0 aliphatic carbocycles. The van der Waals surface area contributed by atoms with E-state index in [-0.39, 0.29) is 37.3 Å². The SMILES string of the molecule is CBC1=NO[C@H](CNC(=O)[C@H](Cc2ccc(O)cc2)NC(=O)OCc2cnc3ccccc3c2)C1. The van der Waals surface area contributed by atoms with Gasteiger partial charge in [-0.3, -0.25) is 9.78 Å². The summed E-state index contributed by atoms with van der Waals surface area (Å²) in [5.74, 6) is -0.243. The second-order valence-corrected chi connectivity index (χ2v) is 8.37. The van der Waals surface area contributed by atoms with E-state index in [0.29, 0.717) is 6.42 Å². The van der Waals surface area contributed by atoms with Gasteiger partial charge in [0.1, 0.15) is 24.5 Å². The van der Waals surface area contributed by atoms with Crippen molar-refractivity contribution in [3.63, 3.8) is 0 Å². The molecule has 4 rings (SSSR count). The van der Waals surface area contributed by atoms with Gasteiger partial charge in [0, 0.05) is 35.6 Å². The molecule has 1 aromatic heterocycles. The number of hydrogen-bond acceptors (Lipinski definition) is 7. The number of nitrogens with zero attached hydrogens (tertiary/aromatic N) is 2. The largest absolute Gasteiger partial charge is 0.508 e. The molecule has 2 heterocycles. The number of aromatic nitrogens is 1. The van der Waals surface area contributed by atoms with E-state index < -0.39 is 12.1 Å². The fourth-order valence-corrected chi connectivity index (χ4v) is 3.75. The van der Waals surface area contributed by atoms with E-state index >= 15 is 0 Å². The van der Waals surface area contributed by atoms with E-state index in [4.69, 9.17) is 9.57 Å². The Bertz CT molecular complexity index is 1220. The normalized spacial score (nSPS) is 15.6. The fourth-order valence-electron chi connectivity index (χ4n) is 3.75. The highest BCUT2D eigenvalue weighted by Gasteiger charge is 2.25. The van der Waals surface area contributed by atoms with Gasteiger partial charge in [0.15, 0.2) is 7.28 Å². The van der Waals surface area contributed by atoms with Gasteiger partial charge in [0.05, 0.1) is 12.1 Å². The third-order valence-corrected chi connectivity index (χ3v) is 5.71. The number of amides is 2.